The molecule has 0 aliphatic heterocycles. The van der Waals surface area contributed by atoms with Gasteiger partial charge in [-0.15, -0.1) is 0 Å². The number of aromatic nitrogens is 2. The molecule has 2 N–H and O–H groups in total. The zero-order chi connectivity index (χ0) is 16.7. The van der Waals surface area contributed by atoms with E-state index in [0.717, 1.165) is 11.3 Å². The molecule has 1 amide bonds. The molecule has 0 atom stereocenters. The quantitative estimate of drug-likeness (QED) is 0.725. The molecule has 0 unspecified atom stereocenters. The third kappa shape index (κ3) is 4.54. The number of H-pyrrole nitrogens is 1. The molecule has 1 aromatic carbocycles. The Hall–Kier alpha value is -2.38. The topological polar surface area (TPSA) is 85.5 Å². The summed E-state index contributed by atoms with van der Waals surface area (Å²) in [5.41, 5.74) is 1.96. The van der Waals surface area contributed by atoms with Crippen LogP contribution in [0.25, 0.3) is 11.3 Å². The van der Waals surface area contributed by atoms with Crippen LogP contribution in [0.3, 0.4) is 0 Å². The summed E-state index contributed by atoms with van der Waals surface area (Å²) in [6, 6.07) is 9.23. The molecule has 7 nitrogen and oxygen atoms in total. The molecule has 7 heteroatoms. The first-order valence-corrected chi connectivity index (χ1v) is 7.30. The normalized spacial score (nSPS) is 10.8. The highest BCUT2D eigenvalue weighted by molar-refractivity contribution is 5.93. The first-order chi connectivity index (χ1) is 11.2. The maximum absolute atomic E-state index is 12.1. The van der Waals surface area contributed by atoms with Crippen molar-refractivity contribution in [2.24, 2.45) is 0 Å². The molecule has 1 heterocycles. The van der Waals surface area contributed by atoms with E-state index in [-0.39, 0.29) is 12.5 Å². The Bertz CT molecular complexity index is 621. The number of carbonyl (C=O) groups excluding carboxylic acids is 1. The van der Waals surface area contributed by atoms with Gasteiger partial charge in [-0.05, 0) is 37.3 Å². The molecular weight excluding hydrogens is 298 g/mol. The van der Waals surface area contributed by atoms with Crippen molar-refractivity contribution in [1.29, 1.82) is 0 Å². The van der Waals surface area contributed by atoms with Gasteiger partial charge in [0.2, 0.25) is 0 Å². The molecule has 0 aliphatic carbocycles. The largest absolute Gasteiger partial charge is 0.494 e. The average molecular weight is 319 g/mol. The lowest BCUT2D eigenvalue weighted by molar-refractivity contribution is -0.0974. The highest BCUT2D eigenvalue weighted by Gasteiger charge is 2.13. The Kier molecular flexibility index (Phi) is 6.13. The fourth-order valence-corrected chi connectivity index (χ4v) is 2.01. The summed E-state index contributed by atoms with van der Waals surface area (Å²) in [6.45, 7) is 2.81. The SMILES string of the molecule is CCOc1ccc(-c2cc(C(=O)NCC(OC)OC)[nH]n2)cc1. The first-order valence-electron chi connectivity index (χ1n) is 7.30. The van der Waals surface area contributed by atoms with E-state index in [4.69, 9.17) is 14.2 Å². The Morgan fingerprint density at radius 2 is 1.96 bits per heavy atom. The van der Waals surface area contributed by atoms with Crippen molar-refractivity contribution in [3.63, 3.8) is 0 Å². The van der Waals surface area contributed by atoms with Gasteiger partial charge in [0.05, 0.1) is 18.8 Å². The van der Waals surface area contributed by atoms with Crippen molar-refractivity contribution in [2.75, 3.05) is 27.4 Å². The van der Waals surface area contributed by atoms with Crippen molar-refractivity contribution in [2.45, 2.75) is 13.2 Å². The minimum Gasteiger partial charge on any atom is -0.494 e. The number of rotatable bonds is 8. The molecule has 0 saturated heterocycles. The van der Waals surface area contributed by atoms with Crippen LogP contribution in [0, 0.1) is 0 Å². The van der Waals surface area contributed by atoms with Crippen LogP contribution in [0.15, 0.2) is 30.3 Å². The number of aromatic amines is 1. The molecule has 0 fully saturated rings. The highest BCUT2D eigenvalue weighted by atomic mass is 16.7. The summed E-state index contributed by atoms with van der Waals surface area (Å²) in [5.74, 6) is 0.531. The molecule has 1 aromatic heterocycles. The lowest BCUT2D eigenvalue weighted by Gasteiger charge is -2.13. The van der Waals surface area contributed by atoms with Gasteiger partial charge in [-0.2, -0.15) is 5.10 Å². The summed E-state index contributed by atoms with van der Waals surface area (Å²) in [4.78, 5) is 12.1. The maximum Gasteiger partial charge on any atom is 0.269 e. The second-order valence-electron chi connectivity index (χ2n) is 4.74. The number of hydrogen-bond acceptors (Lipinski definition) is 5. The van der Waals surface area contributed by atoms with Gasteiger partial charge in [0.1, 0.15) is 11.4 Å². The van der Waals surface area contributed by atoms with Gasteiger partial charge < -0.3 is 19.5 Å². The number of amides is 1. The maximum atomic E-state index is 12.1. The van der Waals surface area contributed by atoms with Crippen molar-refractivity contribution in [3.05, 3.63) is 36.0 Å². The van der Waals surface area contributed by atoms with Crippen molar-refractivity contribution < 1.29 is 19.0 Å². The Morgan fingerprint density at radius 3 is 2.57 bits per heavy atom. The smallest absolute Gasteiger partial charge is 0.269 e. The van der Waals surface area contributed by atoms with Crippen LogP contribution in [0.2, 0.25) is 0 Å². The molecule has 0 radical (unpaired) electrons. The zero-order valence-corrected chi connectivity index (χ0v) is 13.5. The van der Waals surface area contributed by atoms with Gasteiger partial charge in [0.15, 0.2) is 6.29 Å². The Labute approximate surface area is 134 Å². The van der Waals surface area contributed by atoms with Crippen LogP contribution in [-0.4, -0.2) is 49.8 Å². The third-order valence-electron chi connectivity index (χ3n) is 3.24. The molecule has 0 bridgehead atoms. The monoisotopic (exact) mass is 319 g/mol. The second-order valence-corrected chi connectivity index (χ2v) is 4.74. The van der Waals surface area contributed by atoms with Gasteiger partial charge in [-0.1, -0.05) is 0 Å². The zero-order valence-electron chi connectivity index (χ0n) is 13.5. The molecule has 2 aromatic rings. The minimum absolute atomic E-state index is 0.253. The molecule has 0 saturated carbocycles. The number of nitrogens with zero attached hydrogens (tertiary/aromatic N) is 1. The molecule has 2 rings (SSSR count). The van der Waals surface area contributed by atoms with E-state index in [2.05, 4.69) is 15.5 Å². The molecule has 23 heavy (non-hydrogen) atoms. The number of methoxy groups -OCH3 is 2. The van der Waals surface area contributed by atoms with E-state index < -0.39 is 6.29 Å². The van der Waals surface area contributed by atoms with E-state index in [1.807, 2.05) is 31.2 Å². The number of benzene rings is 1. The third-order valence-corrected chi connectivity index (χ3v) is 3.24. The molecular formula is C16H21N3O4. The fourth-order valence-electron chi connectivity index (χ4n) is 2.01. The average Bonchev–Trinajstić information content (AvgIpc) is 3.07. The number of ether oxygens (including phenoxy) is 3. The predicted octanol–water partition coefficient (Wildman–Crippen LogP) is 1.82. The van der Waals surface area contributed by atoms with Gasteiger partial charge in [-0.25, -0.2) is 0 Å². The van der Waals surface area contributed by atoms with E-state index >= 15 is 0 Å². The Balaban J connectivity index is 2.00. The Morgan fingerprint density at radius 1 is 1.26 bits per heavy atom. The van der Waals surface area contributed by atoms with E-state index in [1.165, 1.54) is 14.2 Å². The summed E-state index contributed by atoms with van der Waals surface area (Å²) in [5, 5.41) is 9.60. The number of nitrogens with one attached hydrogen (secondary N) is 2. The standard InChI is InChI=1S/C16H21N3O4/c1-4-23-12-7-5-11(6-8-12)13-9-14(19-18-13)16(20)17-10-15(21-2)22-3/h5-9,15H,4,10H2,1-3H3,(H,17,20)(H,18,19). The summed E-state index contributed by atoms with van der Waals surface area (Å²) in [6.07, 6.45) is -0.479. The van der Waals surface area contributed by atoms with Gasteiger partial charge in [-0.3, -0.25) is 9.89 Å². The number of carbonyl (C=O) groups is 1. The van der Waals surface area contributed by atoms with E-state index in [1.54, 1.807) is 6.07 Å². The molecule has 0 aliphatic rings. The van der Waals surface area contributed by atoms with E-state index in [9.17, 15) is 4.79 Å². The highest BCUT2D eigenvalue weighted by Crippen LogP contribution is 2.21. The van der Waals surface area contributed by atoms with Crippen LogP contribution in [0.4, 0.5) is 0 Å². The summed E-state index contributed by atoms with van der Waals surface area (Å²) >= 11 is 0. The van der Waals surface area contributed by atoms with Crippen molar-refractivity contribution in [1.82, 2.24) is 15.5 Å². The summed E-state index contributed by atoms with van der Waals surface area (Å²) in [7, 11) is 3.03. The first kappa shape index (κ1) is 17.0. The van der Waals surface area contributed by atoms with E-state index in [0.29, 0.717) is 18.0 Å². The van der Waals surface area contributed by atoms with Gasteiger partial charge >= 0.3 is 0 Å². The van der Waals surface area contributed by atoms with Crippen LogP contribution in [0.5, 0.6) is 5.75 Å². The lowest BCUT2D eigenvalue weighted by atomic mass is 10.1. The van der Waals surface area contributed by atoms with Crippen LogP contribution in [-0.2, 0) is 9.47 Å². The van der Waals surface area contributed by atoms with Crippen LogP contribution in [0.1, 0.15) is 17.4 Å². The molecule has 0 spiro atoms. The second kappa shape index (κ2) is 8.30. The van der Waals surface area contributed by atoms with Crippen LogP contribution < -0.4 is 10.1 Å². The van der Waals surface area contributed by atoms with Gasteiger partial charge in [0, 0.05) is 19.8 Å². The van der Waals surface area contributed by atoms with Gasteiger partial charge in [0.25, 0.3) is 5.91 Å². The number of hydrogen-bond donors (Lipinski definition) is 2. The van der Waals surface area contributed by atoms with Crippen LogP contribution >= 0.6 is 0 Å². The minimum atomic E-state index is -0.479. The van der Waals surface area contributed by atoms with Crippen molar-refractivity contribution >= 4 is 5.91 Å². The summed E-state index contributed by atoms with van der Waals surface area (Å²) < 4.78 is 15.4. The predicted molar refractivity (Wildman–Crippen MR) is 85.3 cm³/mol. The lowest BCUT2D eigenvalue weighted by Crippen LogP contribution is -2.34. The fraction of sp³-hybridized carbons (Fsp3) is 0.375. The van der Waals surface area contributed by atoms with Crippen molar-refractivity contribution in [3.8, 4) is 17.0 Å². The molecule has 124 valence electrons.